The fourth-order valence-corrected chi connectivity index (χ4v) is 1.93. The Bertz CT molecular complexity index is 597. The van der Waals surface area contributed by atoms with E-state index in [2.05, 4.69) is 5.32 Å². The number of carbonyl (C=O) groups is 1. The third kappa shape index (κ3) is 3.16. The molecule has 2 aromatic carbocycles. The van der Waals surface area contributed by atoms with Crippen molar-refractivity contribution in [1.82, 2.24) is 0 Å². The van der Waals surface area contributed by atoms with E-state index in [-0.39, 0.29) is 11.7 Å². The van der Waals surface area contributed by atoms with Gasteiger partial charge in [0.2, 0.25) is 5.91 Å². The predicted octanol–water partition coefficient (Wildman–Crippen LogP) is 2.59. The number of benzene rings is 2. The molecule has 1 atom stereocenters. The summed E-state index contributed by atoms with van der Waals surface area (Å²) in [4.78, 5) is 12.1. The van der Waals surface area contributed by atoms with Crippen molar-refractivity contribution in [2.75, 3.05) is 5.32 Å². The van der Waals surface area contributed by atoms with Gasteiger partial charge in [-0.15, -0.1) is 0 Å². The Morgan fingerprint density at radius 2 is 1.95 bits per heavy atom. The molecule has 104 valence electrons. The summed E-state index contributed by atoms with van der Waals surface area (Å²) < 4.78 is 0. The van der Waals surface area contributed by atoms with Gasteiger partial charge in [0.1, 0.15) is 11.8 Å². The highest BCUT2D eigenvalue weighted by molar-refractivity contribution is 5.96. The molecule has 0 aromatic heterocycles. The minimum Gasteiger partial charge on any atom is -0.506 e. The maximum absolute atomic E-state index is 12.1. The number of phenols is 1. The van der Waals surface area contributed by atoms with Gasteiger partial charge in [-0.3, -0.25) is 4.79 Å². The summed E-state index contributed by atoms with van der Waals surface area (Å²) in [7, 11) is 0. The van der Waals surface area contributed by atoms with E-state index in [0.717, 1.165) is 17.5 Å². The molecule has 2 rings (SSSR count). The summed E-state index contributed by atoms with van der Waals surface area (Å²) in [5.74, 6) is -0.310. The average molecular weight is 270 g/mol. The highest BCUT2D eigenvalue weighted by atomic mass is 16.3. The van der Waals surface area contributed by atoms with Crippen LogP contribution in [0.5, 0.6) is 5.75 Å². The largest absolute Gasteiger partial charge is 0.506 e. The number of nitrogens with one attached hydrogen (secondary N) is 1. The first-order valence-electron chi connectivity index (χ1n) is 6.55. The van der Waals surface area contributed by atoms with Gasteiger partial charge < -0.3 is 16.2 Å². The highest BCUT2D eigenvalue weighted by Crippen LogP contribution is 2.25. The zero-order valence-electron chi connectivity index (χ0n) is 11.3. The second-order valence-electron chi connectivity index (χ2n) is 4.58. The number of hydrogen-bond acceptors (Lipinski definition) is 3. The van der Waals surface area contributed by atoms with Crippen LogP contribution in [0, 0.1) is 0 Å². The van der Waals surface area contributed by atoms with Crippen LogP contribution in [0.25, 0.3) is 0 Å². The number of rotatable bonds is 4. The molecular weight excluding hydrogens is 252 g/mol. The summed E-state index contributed by atoms with van der Waals surface area (Å²) in [5, 5.41) is 12.4. The lowest BCUT2D eigenvalue weighted by atomic mass is 10.1. The Hall–Kier alpha value is -2.33. The van der Waals surface area contributed by atoms with Crippen LogP contribution in [-0.2, 0) is 11.2 Å². The minimum atomic E-state index is -0.763. The molecule has 0 fully saturated rings. The zero-order valence-corrected chi connectivity index (χ0v) is 11.3. The van der Waals surface area contributed by atoms with E-state index in [0.29, 0.717) is 5.69 Å². The molecule has 0 radical (unpaired) electrons. The predicted molar refractivity (Wildman–Crippen MR) is 79.5 cm³/mol. The van der Waals surface area contributed by atoms with Gasteiger partial charge in [0.15, 0.2) is 0 Å². The van der Waals surface area contributed by atoms with Gasteiger partial charge in [-0.05, 0) is 29.7 Å². The minimum absolute atomic E-state index is 0.0378. The van der Waals surface area contributed by atoms with E-state index in [1.165, 1.54) is 0 Å². The van der Waals surface area contributed by atoms with Crippen LogP contribution in [0.4, 0.5) is 5.69 Å². The molecule has 4 N–H and O–H groups in total. The van der Waals surface area contributed by atoms with Gasteiger partial charge in [-0.1, -0.05) is 43.3 Å². The summed E-state index contributed by atoms with van der Waals surface area (Å²) in [6.45, 7) is 2.01. The molecule has 0 bridgehead atoms. The van der Waals surface area contributed by atoms with Crippen LogP contribution in [-0.4, -0.2) is 11.0 Å². The quantitative estimate of drug-likeness (QED) is 0.747. The lowest BCUT2D eigenvalue weighted by molar-refractivity contribution is -0.117. The second-order valence-corrected chi connectivity index (χ2v) is 4.58. The van der Waals surface area contributed by atoms with Gasteiger partial charge in [-0.2, -0.15) is 0 Å². The normalized spacial score (nSPS) is 11.9. The van der Waals surface area contributed by atoms with Crippen molar-refractivity contribution in [3.05, 3.63) is 59.7 Å². The average Bonchev–Trinajstić information content (AvgIpc) is 2.49. The SMILES string of the molecule is CCc1ccc(O)c(NC(=O)C(N)c2ccccc2)c1. The summed E-state index contributed by atoms with van der Waals surface area (Å²) in [6, 6.07) is 13.5. The van der Waals surface area contributed by atoms with E-state index < -0.39 is 6.04 Å². The van der Waals surface area contributed by atoms with E-state index in [1.807, 2.05) is 31.2 Å². The van der Waals surface area contributed by atoms with E-state index in [1.54, 1.807) is 24.3 Å². The van der Waals surface area contributed by atoms with Gasteiger partial charge in [0.05, 0.1) is 5.69 Å². The first-order valence-corrected chi connectivity index (χ1v) is 6.55. The van der Waals surface area contributed by atoms with Crippen molar-refractivity contribution in [3.8, 4) is 5.75 Å². The van der Waals surface area contributed by atoms with Gasteiger partial charge >= 0.3 is 0 Å². The van der Waals surface area contributed by atoms with E-state index >= 15 is 0 Å². The van der Waals surface area contributed by atoms with Crippen molar-refractivity contribution in [3.63, 3.8) is 0 Å². The monoisotopic (exact) mass is 270 g/mol. The third-order valence-corrected chi connectivity index (χ3v) is 3.17. The van der Waals surface area contributed by atoms with Crippen molar-refractivity contribution in [1.29, 1.82) is 0 Å². The molecule has 0 spiro atoms. The molecular formula is C16H18N2O2. The Morgan fingerprint density at radius 1 is 1.25 bits per heavy atom. The number of amides is 1. The van der Waals surface area contributed by atoms with Crippen molar-refractivity contribution >= 4 is 11.6 Å². The number of hydrogen-bond donors (Lipinski definition) is 3. The fraction of sp³-hybridized carbons (Fsp3) is 0.188. The summed E-state index contributed by atoms with van der Waals surface area (Å²) in [6.07, 6.45) is 0.827. The van der Waals surface area contributed by atoms with Crippen LogP contribution in [0.1, 0.15) is 24.1 Å². The lowest BCUT2D eigenvalue weighted by Crippen LogP contribution is -2.27. The fourth-order valence-electron chi connectivity index (χ4n) is 1.93. The number of aryl methyl sites for hydroxylation is 1. The Kier molecular flexibility index (Phi) is 4.38. The Morgan fingerprint density at radius 3 is 2.60 bits per heavy atom. The van der Waals surface area contributed by atoms with Gasteiger partial charge in [0, 0.05) is 0 Å². The highest BCUT2D eigenvalue weighted by Gasteiger charge is 2.16. The van der Waals surface area contributed by atoms with Gasteiger partial charge in [0.25, 0.3) is 0 Å². The van der Waals surface area contributed by atoms with Crippen LogP contribution in [0.15, 0.2) is 48.5 Å². The molecule has 2 aromatic rings. The molecule has 0 saturated heterocycles. The maximum Gasteiger partial charge on any atom is 0.245 e. The van der Waals surface area contributed by atoms with Crippen molar-refractivity contribution < 1.29 is 9.90 Å². The molecule has 4 nitrogen and oxygen atoms in total. The third-order valence-electron chi connectivity index (χ3n) is 3.17. The van der Waals surface area contributed by atoms with Crippen LogP contribution >= 0.6 is 0 Å². The molecule has 1 unspecified atom stereocenters. The second kappa shape index (κ2) is 6.21. The molecule has 0 aliphatic heterocycles. The molecule has 0 saturated carbocycles. The van der Waals surface area contributed by atoms with Gasteiger partial charge in [-0.25, -0.2) is 0 Å². The Labute approximate surface area is 118 Å². The zero-order chi connectivity index (χ0) is 14.5. The summed E-state index contributed by atoms with van der Waals surface area (Å²) in [5.41, 5.74) is 8.07. The van der Waals surface area contributed by atoms with E-state index in [9.17, 15) is 9.90 Å². The maximum atomic E-state index is 12.1. The Balaban J connectivity index is 2.15. The first kappa shape index (κ1) is 14.1. The number of phenolic OH excluding ortho intramolecular Hbond substituents is 1. The standard InChI is InChI=1S/C16H18N2O2/c1-2-11-8-9-14(19)13(10-11)18-16(20)15(17)12-6-4-3-5-7-12/h3-10,15,19H,2,17H2,1H3,(H,18,20). The van der Waals surface area contributed by atoms with E-state index in [4.69, 9.17) is 5.73 Å². The molecule has 20 heavy (non-hydrogen) atoms. The lowest BCUT2D eigenvalue weighted by Gasteiger charge is -2.14. The smallest absolute Gasteiger partial charge is 0.245 e. The summed E-state index contributed by atoms with van der Waals surface area (Å²) >= 11 is 0. The van der Waals surface area contributed by atoms with Crippen LogP contribution in [0.2, 0.25) is 0 Å². The molecule has 0 heterocycles. The number of carbonyl (C=O) groups excluding carboxylic acids is 1. The first-order chi connectivity index (χ1) is 9.61. The molecule has 1 amide bonds. The van der Waals surface area contributed by atoms with Crippen LogP contribution in [0.3, 0.4) is 0 Å². The van der Waals surface area contributed by atoms with Crippen molar-refractivity contribution in [2.45, 2.75) is 19.4 Å². The molecule has 0 aliphatic carbocycles. The molecule has 0 aliphatic rings. The van der Waals surface area contributed by atoms with Crippen molar-refractivity contribution in [2.24, 2.45) is 5.73 Å². The number of aromatic hydroxyl groups is 1. The number of nitrogens with two attached hydrogens (primary N) is 1. The number of anilines is 1. The van der Waals surface area contributed by atoms with Crippen LogP contribution < -0.4 is 11.1 Å². The molecule has 4 heteroatoms. The topological polar surface area (TPSA) is 75.3 Å².